The average molecular weight is 372 g/mol. The van der Waals surface area contributed by atoms with Crippen molar-refractivity contribution in [1.82, 2.24) is 20.2 Å². The van der Waals surface area contributed by atoms with Crippen LogP contribution in [0.4, 0.5) is 0 Å². The number of fused-ring (bicyclic) bond motifs is 1. The lowest BCUT2D eigenvalue weighted by Crippen LogP contribution is -2.36. The van der Waals surface area contributed by atoms with E-state index in [1.54, 1.807) is 0 Å². The lowest BCUT2D eigenvalue weighted by atomic mass is 10.2. The standard InChI is InChI=1S/C20H28N4O3/c1-13(2)20(26)22-14(3)19-23-16-8-4-5-9-17(16)24(19)12-18(25)21-11-15-7-6-10-27-15/h4-5,8-9,13-15H,6-7,10-12H2,1-3H3,(H,21,25)(H,22,26). The van der Waals surface area contributed by atoms with Crippen LogP contribution in [0.2, 0.25) is 0 Å². The molecule has 0 saturated carbocycles. The molecule has 7 heteroatoms. The van der Waals surface area contributed by atoms with Gasteiger partial charge in [0.05, 0.1) is 23.2 Å². The molecule has 2 aromatic rings. The predicted molar refractivity (Wildman–Crippen MR) is 103 cm³/mol. The number of benzene rings is 1. The molecular formula is C20H28N4O3. The molecule has 2 unspecified atom stereocenters. The summed E-state index contributed by atoms with van der Waals surface area (Å²) in [5, 5.41) is 5.93. The summed E-state index contributed by atoms with van der Waals surface area (Å²) in [6, 6.07) is 7.40. The molecule has 1 aliphatic rings. The molecule has 0 radical (unpaired) electrons. The molecule has 1 aromatic carbocycles. The lowest BCUT2D eigenvalue weighted by molar-refractivity contribution is -0.124. The third-order valence-electron chi connectivity index (χ3n) is 4.81. The number of carbonyl (C=O) groups excluding carboxylic acids is 2. The van der Waals surface area contributed by atoms with Gasteiger partial charge >= 0.3 is 0 Å². The number of ether oxygens (including phenoxy) is 1. The van der Waals surface area contributed by atoms with Crippen LogP contribution in [0.5, 0.6) is 0 Å². The Bertz CT molecular complexity index is 809. The van der Waals surface area contributed by atoms with Crippen molar-refractivity contribution in [3.8, 4) is 0 Å². The van der Waals surface area contributed by atoms with Crippen molar-refractivity contribution >= 4 is 22.8 Å². The van der Waals surface area contributed by atoms with Crippen molar-refractivity contribution in [1.29, 1.82) is 0 Å². The van der Waals surface area contributed by atoms with Gasteiger partial charge in [0.2, 0.25) is 11.8 Å². The summed E-state index contributed by atoms with van der Waals surface area (Å²) < 4.78 is 7.44. The zero-order valence-electron chi connectivity index (χ0n) is 16.2. The molecule has 0 aliphatic carbocycles. The number of nitrogens with one attached hydrogen (secondary N) is 2. The second-order valence-electron chi connectivity index (χ2n) is 7.37. The SMILES string of the molecule is CC(C)C(=O)NC(C)c1nc2ccccc2n1CC(=O)NCC1CCCO1. The fourth-order valence-corrected chi connectivity index (χ4v) is 3.27. The quantitative estimate of drug-likeness (QED) is 0.780. The smallest absolute Gasteiger partial charge is 0.240 e. The normalized spacial score (nSPS) is 18.0. The van der Waals surface area contributed by atoms with E-state index in [-0.39, 0.29) is 36.4 Å². The van der Waals surface area contributed by atoms with Gasteiger partial charge in [0, 0.05) is 19.1 Å². The second kappa shape index (κ2) is 8.52. The molecular weight excluding hydrogens is 344 g/mol. The summed E-state index contributed by atoms with van der Waals surface area (Å²) in [6.45, 7) is 7.05. The predicted octanol–water partition coefficient (Wildman–Crippen LogP) is 2.16. The van der Waals surface area contributed by atoms with Crippen molar-refractivity contribution in [3.63, 3.8) is 0 Å². The molecule has 0 spiro atoms. The summed E-state index contributed by atoms with van der Waals surface area (Å²) in [4.78, 5) is 29.3. The molecule has 0 bridgehead atoms. The molecule has 1 aromatic heterocycles. The molecule has 2 N–H and O–H groups in total. The average Bonchev–Trinajstić information content (AvgIpc) is 3.28. The van der Waals surface area contributed by atoms with Gasteiger partial charge in [0.15, 0.2) is 0 Å². The Hall–Kier alpha value is -2.41. The fourth-order valence-electron chi connectivity index (χ4n) is 3.27. The summed E-state index contributed by atoms with van der Waals surface area (Å²) in [7, 11) is 0. The van der Waals surface area contributed by atoms with E-state index < -0.39 is 0 Å². The lowest BCUT2D eigenvalue weighted by Gasteiger charge is -2.18. The molecule has 27 heavy (non-hydrogen) atoms. The van der Waals surface area contributed by atoms with Crippen LogP contribution in [-0.4, -0.2) is 40.6 Å². The molecule has 2 atom stereocenters. The molecule has 1 fully saturated rings. The molecule has 1 aliphatic heterocycles. The minimum absolute atomic E-state index is 0.0380. The summed E-state index contributed by atoms with van der Waals surface area (Å²) in [5.41, 5.74) is 1.69. The zero-order valence-corrected chi connectivity index (χ0v) is 16.2. The Morgan fingerprint density at radius 1 is 1.30 bits per heavy atom. The Balaban J connectivity index is 1.77. The van der Waals surface area contributed by atoms with Crippen molar-refractivity contribution in [2.45, 2.75) is 52.3 Å². The van der Waals surface area contributed by atoms with E-state index in [2.05, 4.69) is 15.6 Å². The molecule has 3 rings (SSSR count). The van der Waals surface area contributed by atoms with Crippen LogP contribution in [0.3, 0.4) is 0 Å². The molecule has 146 valence electrons. The first-order valence-electron chi connectivity index (χ1n) is 9.59. The molecule has 7 nitrogen and oxygen atoms in total. The fraction of sp³-hybridized carbons (Fsp3) is 0.550. The van der Waals surface area contributed by atoms with Gasteiger partial charge in [-0.2, -0.15) is 0 Å². The van der Waals surface area contributed by atoms with Gasteiger partial charge in [-0.25, -0.2) is 4.98 Å². The summed E-state index contributed by atoms with van der Waals surface area (Å²) in [6.07, 6.45) is 2.14. The van der Waals surface area contributed by atoms with Gasteiger partial charge in [-0.1, -0.05) is 26.0 Å². The monoisotopic (exact) mass is 372 g/mol. The third kappa shape index (κ3) is 4.66. The summed E-state index contributed by atoms with van der Waals surface area (Å²) >= 11 is 0. The van der Waals surface area contributed by atoms with Crippen LogP contribution in [0.25, 0.3) is 11.0 Å². The van der Waals surface area contributed by atoms with Crippen LogP contribution < -0.4 is 10.6 Å². The van der Waals surface area contributed by atoms with Crippen molar-refractivity contribution in [3.05, 3.63) is 30.1 Å². The highest BCUT2D eigenvalue weighted by Gasteiger charge is 2.22. The van der Waals surface area contributed by atoms with E-state index in [1.807, 2.05) is 49.6 Å². The van der Waals surface area contributed by atoms with Crippen LogP contribution in [0.15, 0.2) is 24.3 Å². The third-order valence-corrected chi connectivity index (χ3v) is 4.81. The maximum absolute atomic E-state index is 12.5. The number of rotatable bonds is 7. The summed E-state index contributed by atoms with van der Waals surface area (Å²) in [5.74, 6) is 0.443. The highest BCUT2D eigenvalue weighted by molar-refractivity contribution is 5.82. The first-order chi connectivity index (χ1) is 13.0. The minimum Gasteiger partial charge on any atom is -0.376 e. The maximum Gasteiger partial charge on any atom is 0.240 e. The van der Waals surface area contributed by atoms with Gasteiger partial charge in [0.25, 0.3) is 0 Å². The Labute approximate surface area is 159 Å². The first-order valence-corrected chi connectivity index (χ1v) is 9.59. The number of para-hydroxylation sites is 2. The Kier molecular flexibility index (Phi) is 6.11. The van der Waals surface area contributed by atoms with Crippen LogP contribution in [0, 0.1) is 5.92 Å². The second-order valence-corrected chi connectivity index (χ2v) is 7.37. The number of hydrogen-bond donors (Lipinski definition) is 2. The zero-order chi connectivity index (χ0) is 19.4. The highest BCUT2D eigenvalue weighted by atomic mass is 16.5. The van der Waals surface area contributed by atoms with Crippen LogP contribution >= 0.6 is 0 Å². The number of carbonyl (C=O) groups is 2. The molecule has 2 heterocycles. The van der Waals surface area contributed by atoms with Gasteiger partial charge < -0.3 is 19.9 Å². The number of amides is 2. The van der Waals surface area contributed by atoms with Crippen LogP contribution in [-0.2, 0) is 20.9 Å². The van der Waals surface area contributed by atoms with Crippen molar-refractivity contribution < 1.29 is 14.3 Å². The van der Waals surface area contributed by atoms with E-state index >= 15 is 0 Å². The largest absolute Gasteiger partial charge is 0.376 e. The van der Waals surface area contributed by atoms with Gasteiger partial charge in [-0.3, -0.25) is 9.59 Å². The van der Waals surface area contributed by atoms with E-state index in [4.69, 9.17) is 4.74 Å². The Morgan fingerprint density at radius 3 is 2.78 bits per heavy atom. The van der Waals surface area contributed by atoms with Crippen molar-refractivity contribution in [2.24, 2.45) is 5.92 Å². The highest BCUT2D eigenvalue weighted by Crippen LogP contribution is 2.21. The topological polar surface area (TPSA) is 85.2 Å². The number of hydrogen-bond acceptors (Lipinski definition) is 4. The van der Waals surface area contributed by atoms with E-state index in [1.165, 1.54) is 0 Å². The number of imidazole rings is 1. The number of aromatic nitrogens is 2. The minimum atomic E-state index is -0.293. The van der Waals surface area contributed by atoms with Gasteiger partial charge in [-0.05, 0) is 31.9 Å². The Morgan fingerprint density at radius 2 is 2.07 bits per heavy atom. The number of nitrogens with zero attached hydrogens (tertiary/aromatic N) is 2. The van der Waals surface area contributed by atoms with E-state index in [9.17, 15) is 9.59 Å². The first kappa shape index (κ1) is 19.4. The van der Waals surface area contributed by atoms with Crippen LogP contribution in [0.1, 0.15) is 45.5 Å². The molecule has 2 amide bonds. The maximum atomic E-state index is 12.5. The van der Waals surface area contributed by atoms with Gasteiger partial charge in [-0.15, -0.1) is 0 Å². The molecule has 1 saturated heterocycles. The van der Waals surface area contributed by atoms with E-state index in [0.29, 0.717) is 12.4 Å². The van der Waals surface area contributed by atoms with Gasteiger partial charge in [0.1, 0.15) is 12.4 Å². The van der Waals surface area contributed by atoms with E-state index in [0.717, 1.165) is 30.5 Å². The van der Waals surface area contributed by atoms with Crippen molar-refractivity contribution in [2.75, 3.05) is 13.2 Å².